The van der Waals surface area contributed by atoms with Crippen LogP contribution in [0.15, 0.2) is 0 Å². The van der Waals surface area contributed by atoms with E-state index in [0.717, 1.165) is 11.8 Å². The molecule has 0 aromatic carbocycles. The monoisotopic (exact) mass is 168 g/mol. The maximum atomic E-state index is 2.47. The van der Waals surface area contributed by atoms with E-state index >= 15 is 0 Å². The molecule has 1 rings (SSSR count). The van der Waals surface area contributed by atoms with E-state index in [1.54, 1.807) is 0 Å². The lowest BCUT2D eigenvalue weighted by Gasteiger charge is -2.41. The van der Waals surface area contributed by atoms with Gasteiger partial charge in [0.2, 0.25) is 0 Å². The Hall–Kier alpha value is 0. The van der Waals surface area contributed by atoms with Crippen LogP contribution in [0.3, 0.4) is 0 Å². The Morgan fingerprint density at radius 1 is 1.33 bits per heavy atom. The summed E-state index contributed by atoms with van der Waals surface area (Å²) in [5.74, 6) is 1.98. The van der Waals surface area contributed by atoms with Gasteiger partial charge < -0.3 is 0 Å². The molecule has 0 aliphatic heterocycles. The highest BCUT2D eigenvalue weighted by molar-refractivity contribution is 4.84. The lowest BCUT2D eigenvalue weighted by atomic mass is 9.65. The Morgan fingerprint density at radius 3 is 2.50 bits per heavy atom. The molecular weight excluding hydrogens is 144 g/mol. The molecule has 1 saturated carbocycles. The topological polar surface area (TPSA) is 0 Å². The Balaban J connectivity index is 2.55. The van der Waals surface area contributed by atoms with Crippen LogP contribution in [0.4, 0.5) is 0 Å². The summed E-state index contributed by atoms with van der Waals surface area (Å²) in [5.41, 5.74) is 0.674. The molecule has 0 aromatic rings. The molecule has 0 radical (unpaired) electrons. The second kappa shape index (κ2) is 3.81. The molecule has 0 heteroatoms. The summed E-state index contributed by atoms with van der Waals surface area (Å²) in [6, 6.07) is 0. The van der Waals surface area contributed by atoms with Gasteiger partial charge in [0.15, 0.2) is 0 Å². The summed E-state index contributed by atoms with van der Waals surface area (Å²) in [5, 5.41) is 0. The van der Waals surface area contributed by atoms with Gasteiger partial charge in [-0.2, -0.15) is 0 Å². The maximum absolute atomic E-state index is 2.47. The van der Waals surface area contributed by atoms with Crippen molar-refractivity contribution in [3.05, 3.63) is 0 Å². The molecule has 0 heterocycles. The van der Waals surface area contributed by atoms with Crippen LogP contribution in [0.25, 0.3) is 0 Å². The molecule has 0 saturated heterocycles. The van der Waals surface area contributed by atoms with Gasteiger partial charge in [-0.3, -0.25) is 0 Å². The molecule has 0 N–H and O–H groups in total. The lowest BCUT2D eigenvalue weighted by molar-refractivity contribution is 0.104. The fourth-order valence-electron chi connectivity index (χ4n) is 2.62. The predicted octanol–water partition coefficient (Wildman–Crippen LogP) is 4.25. The average molecular weight is 168 g/mol. The Labute approximate surface area is 77.7 Å². The molecule has 0 amide bonds. The van der Waals surface area contributed by atoms with E-state index < -0.39 is 0 Å². The molecule has 0 bridgehead atoms. The van der Waals surface area contributed by atoms with Gasteiger partial charge in [-0.05, 0) is 36.5 Å². The van der Waals surface area contributed by atoms with Gasteiger partial charge >= 0.3 is 0 Å². The van der Waals surface area contributed by atoms with E-state index in [1.807, 2.05) is 0 Å². The molecular formula is C12H24. The third kappa shape index (κ3) is 2.02. The molecule has 1 aliphatic carbocycles. The summed E-state index contributed by atoms with van der Waals surface area (Å²) in [6.07, 6.45) is 7.15. The Morgan fingerprint density at radius 2 is 2.00 bits per heavy atom. The molecule has 12 heavy (non-hydrogen) atoms. The van der Waals surface area contributed by atoms with Crippen LogP contribution in [-0.2, 0) is 0 Å². The van der Waals surface area contributed by atoms with Crippen molar-refractivity contribution in [2.24, 2.45) is 17.3 Å². The van der Waals surface area contributed by atoms with Crippen LogP contribution in [-0.4, -0.2) is 0 Å². The summed E-state index contributed by atoms with van der Waals surface area (Å²) >= 11 is 0. The highest BCUT2D eigenvalue weighted by Crippen LogP contribution is 2.45. The van der Waals surface area contributed by atoms with Crippen molar-refractivity contribution in [1.82, 2.24) is 0 Å². The zero-order valence-electron chi connectivity index (χ0n) is 9.19. The second-order valence-electron chi connectivity index (χ2n) is 5.05. The largest absolute Gasteiger partial charge is 0.0651 e. The summed E-state index contributed by atoms with van der Waals surface area (Å²) < 4.78 is 0. The van der Waals surface area contributed by atoms with Crippen LogP contribution in [0.2, 0.25) is 0 Å². The first kappa shape index (κ1) is 10.1. The summed E-state index contributed by atoms with van der Waals surface area (Å²) in [6.45, 7) is 9.61. The highest BCUT2D eigenvalue weighted by atomic mass is 14.4. The number of rotatable bonds is 2. The molecule has 0 nitrogen and oxygen atoms in total. The highest BCUT2D eigenvalue weighted by Gasteiger charge is 2.33. The lowest BCUT2D eigenvalue weighted by Crippen LogP contribution is -2.29. The van der Waals surface area contributed by atoms with E-state index in [-0.39, 0.29) is 0 Å². The second-order valence-corrected chi connectivity index (χ2v) is 5.05. The van der Waals surface area contributed by atoms with Crippen LogP contribution >= 0.6 is 0 Å². The zero-order valence-corrected chi connectivity index (χ0v) is 9.19. The first-order valence-electron chi connectivity index (χ1n) is 5.61. The van der Waals surface area contributed by atoms with E-state index in [1.165, 1.54) is 32.1 Å². The van der Waals surface area contributed by atoms with Gasteiger partial charge in [0.1, 0.15) is 0 Å². The normalized spacial score (nSPS) is 43.0. The van der Waals surface area contributed by atoms with E-state index in [2.05, 4.69) is 27.7 Å². The van der Waals surface area contributed by atoms with Gasteiger partial charge in [-0.15, -0.1) is 0 Å². The van der Waals surface area contributed by atoms with Gasteiger partial charge in [0.25, 0.3) is 0 Å². The van der Waals surface area contributed by atoms with Crippen molar-refractivity contribution in [2.45, 2.75) is 59.8 Å². The molecule has 72 valence electrons. The Bertz CT molecular complexity index is 139. The molecule has 0 aromatic heterocycles. The molecule has 1 fully saturated rings. The number of hydrogen-bond donors (Lipinski definition) is 0. The molecule has 1 aliphatic rings. The minimum Gasteiger partial charge on any atom is -0.0651 e. The Kier molecular flexibility index (Phi) is 3.20. The predicted molar refractivity (Wildman–Crippen MR) is 55.2 cm³/mol. The van der Waals surface area contributed by atoms with Crippen LogP contribution in [0, 0.1) is 17.3 Å². The van der Waals surface area contributed by atoms with Gasteiger partial charge in [-0.25, -0.2) is 0 Å². The third-order valence-corrected chi connectivity index (χ3v) is 4.14. The van der Waals surface area contributed by atoms with Gasteiger partial charge in [0, 0.05) is 0 Å². The van der Waals surface area contributed by atoms with Gasteiger partial charge in [0.05, 0.1) is 0 Å². The minimum atomic E-state index is 0.674. The minimum absolute atomic E-state index is 0.674. The third-order valence-electron chi connectivity index (χ3n) is 4.14. The van der Waals surface area contributed by atoms with E-state index in [0.29, 0.717) is 5.41 Å². The average Bonchev–Trinajstić information content (AvgIpc) is 2.10. The van der Waals surface area contributed by atoms with Crippen LogP contribution in [0.1, 0.15) is 59.8 Å². The van der Waals surface area contributed by atoms with E-state index in [4.69, 9.17) is 0 Å². The zero-order chi connectivity index (χ0) is 9.19. The fraction of sp³-hybridized carbons (Fsp3) is 1.00. The standard InChI is InChI=1S/C12H24/c1-5-11-9-12(4,6-2)8-7-10(11)3/h10-11H,5-9H2,1-4H3/t10-,11?,12?/m0/s1. The smallest absolute Gasteiger partial charge is 0.0326 e. The van der Waals surface area contributed by atoms with Crippen LogP contribution < -0.4 is 0 Å². The molecule has 0 spiro atoms. The SMILES string of the molecule is CCC1CC(C)(CC)CC[C@@H]1C. The van der Waals surface area contributed by atoms with Crippen molar-refractivity contribution < 1.29 is 0 Å². The van der Waals surface area contributed by atoms with Crippen molar-refractivity contribution in [3.8, 4) is 0 Å². The summed E-state index contributed by atoms with van der Waals surface area (Å²) in [7, 11) is 0. The van der Waals surface area contributed by atoms with Crippen molar-refractivity contribution in [1.29, 1.82) is 0 Å². The van der Waals surface area contributed by atoms with Crippen LogP contribution in [0.5, 0.6) is 0 Å². The first-order chi connectivity index (χ1) is 5.61. The molecule has 2 unspecified atom stereocenters. The quantitative estimate of drug-likeness (QED) is 0.578. The van der Waals surface area contributed by atoms with Gasteiger partial charge in [-0.1, -0.05) is 40.5 Å². The first-order valence-corrected chi connectivity index (χ1v) is 5.61. The van der Waals surface area contributed by atoms with Crippen molar-refractivity contribution in [2.75, 3.05) is 0 Å². The maximum Gasteiger partial charge on any atom is -0.0326 e. The fourth-order valence-corrected chi connectivity index (χ4v) is 2.62. The molecule has 3 atom stereocenters. The van der Waals surface area contributed by atoms with E-state index in [9.17, 15) is 0 Å². The summed E-state index contributed by atoms with van der Waals surface area (Å²) in [4.78, 5) is 0. The van der Waals surface area contributed by atoms with Crippen molar-refractivity contribution >= 4 is 0 Å². The van der Waals surface area contributed by atoms with Crippen molar-refractivity contribution in [3.63, 3.8) is 0 Å². The number of hydrogen-bond acceptors (Lipinski definition) is 0.